The van der Waals surface area contributed by atoms with Gasteiger partial charge in [0.1, 0.15) is 11.4 Å². The van der Waals surface area contributed by atoms with Crippen molar-refractivity contribution < 1.29 is 14.3 Å². The lowest BCUT2D eigenvalue weighted by Crippen LogP contribution is -2.39. The van der Waals surface area contributed by atoms with Gasteiger partial charge in [-0.25, -0.2) is 0 Å². The molecule has 0 unspecified atom stereocenters. The zero-order valence-electron chi connectivity index (χ0n) is 19.3. The fourth-order valence-electron chi connectivity index (χ4n) is 4.66. The van der Waals surface area contributed by atoms with Crippen molar-refractivity contribution in [2.45, 2.75) is 32.6 Å². The number of amides is 2. The highest BCUT2D eigenvalue weighted by molar-refractivity contribution is 6.35. The summed E-state index contributed by atoms with van der Waals surface area (Å²) in [7, 11) is 0. The standard InChI is InChI=1S/C28H32N2O3/c1-3-16-30-27(31)25(23-10-12-24(13-11-23)33-19-4-2)26(28(30)32)29-17-14-22(15-18-29)20-21-8-6-5-7-9-21/h3,5-13,22H,1,4,14-20H2,2H3. The molecule has 2 aliphatic heterocycles. The SMILES string of the molecule is C=CCN1C(=O)C(c2ccc(OCCC)cc2)=C(N2CCC(Cc3ccccc3)CC2)C1=O. The Morgan fingerprint density at radius 1 is 1.00 bits per heavy atom. The van der Waals surface area contributed by atoms with Crippen molar-refractivity contribution in [2.75, 3.05) is 26.2 Å². The topological polar surface area (TPSA) is 49.9 Å². The van der Waals surface area contributed by atoms with E-state index in [4.69, 9.17) is 4.74 Å². The van der Waals surface area contributed by atoms with Gasteiger partial charge in [-0.05, 0) is 54.9 Å². The third-order valence-electron chi connectivity index (χ3n) is 6.37. The van der Waals surface area contributed by atoms with Crippen LogP contribution < -0.4 is 4.74 Å². The number of hydrogen-bond donors (Lipinski definition) is 0. The lowest BCUT2D eigenvalue weighted by Gasteiger charge is -2.34. The van der Waals surface area contributed by atoms with Crippen molar-refractivity contribution in [1.29, 1.82) is 0 Å². The van der Waals surface area contributed by atoms with Crippen LogP contribution in [-0.4, -0.2) is 47.9 Å². The second-order valence-electron chi connectivity index (χ2n) is 8.73. The highest BCUT2D eigenvalue weighted by atomic mass is 16.5. The van der Waals surface area contributed by atoms with Crippen LogP contribution in [0.5, 0.6) is 5.75 Å². The van der Waals surface area contributed by atoms with Gasteiger partial charge in [-0.2, -0.15) is 0 Å². The van der Waals surface area contributed by atoms with Gasteiger partial charge in [0.2, 0.25) is 0 Å². The van der Waals surface area contributed by atoms with E-state index >= 15 is 0 Å². The molecule has 0 atom stereocenters. The molecule has 172 valence electrons. The number of likely N-dealkylation sites (tertiary alicyclic amines) is 1. The van der Waals surface area contributed by atoms with Crippen molar-refractivity contribution in [3.05, 3.63) is 84.1 Å². The van der Waals surface area contributed by atoms with Crippen LogP contribution in [-0.2, 0) is 16.0 Å². The van der Waals surface area contributed by atoms with Gasteiger partial charge < -0.3 is 9.64 Å². The highest BCUT2D eigenvalue weighted by Crippen LogP contribution is 2.35. The summed E-state index contributed by atoms with van der Waals surface area (Å²) in [5.74, 6) is 0.884. The van der Waals surface area contributed by atoms with Gasteiger partial charge in [0.25, 0.3) is 11.8 Å². The average Bonchev–Trinajstić information content (AvgIpc) is 3.09. The summed E-state index contributed by atoms with van der Waals surface area (Å²) in [4.78, 5) is 30.0. The zero-order valence-corrected chi connectivity index (χ0v) is 19.3. The van der Waals surface area contributed by atoms with Crippen molar-refractivity contribution in [3.63, 3.8) is 0 Å². The Kier molecular flexibility index (Phi) is 7.28. The summed E-state index contributed by atoms with van der Waals surface area (Å²) in [5, 5.41) is 0. The van der Waals surface area contributed by atoms with Gasteiger partial charge in [-0.15, -0.1) is 6.58 Å². The highest BCUT2D eigenvalue weighted by Gasteiger charge is 2.41. The van der Waals surface area contributed by atoms with Crippen LogP contribution in [0.3, 0.4) is 0 Å². The van der Waals surface area contributed by atoms with Gasteiger partial charge in [-0.1, -0.05) is 55.5 Å². The molecule has 5 heteroatoms. The van der Waals surface area contributed by atoms with Crippen molar-refractivity contribution in [1.82, 2.24) is 9.80 Å². The zero-order chi connectivity index (χ0) is 23.2. The van der Waals surface area contributed by atoms with E-state index < -0.39 is 0 Å². The molecule has 0 saturated carbocycles. The van der Waals surface area contributed by atoms with Crippen LogP contribution in [0.15, 0.2) is 72.9 Å². The molecule has 0 spiro atoms. The second-order valence-corrected chi connectivity index (χ2v) is 8.73. The number of ether oxygens (including phenoxy) is 1. The summed E-state index contributed by atoms with van der Waals surface area (Å²) >= 11 is 0. The Hall–Kier alpha value is -3.34. The van der Waals surface area contributed by atoms with Gasteiger partial charge in [-0.3, -0.25) is 14.5 Å². The first-order valence-electron chi connectivity index (χ1n) is 11.9. The number of nitrogens with zero attached hydrogens (tertiary/aromatic N) is 2. The van der Waals surface area contributed by atoms with Crippen LogP contribution in [0.2, 0.25) is 0 Å². The van der Waals surface area contributed by atoms with E-state index in [2.05, 4.69) is 42.7 Å². The molecule has 2 aromatic rings. The normalized spacial score (nSPS) is 17.1. The van der Waals surface area contributed by atoms with Crippen molar-refractivity contribution in [2.24, 2.45) is 5.92 Å². The number of carbonyl (C=O) groups is 2. The molecule has 33 heavy (non-hydrogen) atoms. The summed E-state index contributed by atoms with van der Waals surface area (Å²) in [6.07, 6.45) is 5.58. The average molecular weight is 445 g/mol. The monoisotopic (exact) mass is 444 g/mol. The molecule has 2 aliphatic rings. The number of benzene rings is 2. The molecule has 5 nitrogen and oxygen atoms in total. The van der Waals surface area contributed by atoms with Crippen LogP contribution >= 0.6 is 0 Å². The summed E-state index contributed by atoms with van der Waals surface area (Å²) in [6.45, 7) is 8.19. The predicted molar refractivity (Wildman–Crippen MR) is 131 cm³/mol. The number of hydrogen-bond acceptors (Lipinski definition) is 4. The lowest BCUT2D eigenvalue weighted by molar-refractivity contribution is -0.137. The van der Waals surface area contributed by atoms with Crippen LogP contribution in [0, 0.1) is 5.92 Å². The number of piperidine rings is 1. The first-order valence-corrected chi connectivity index (χ1v) is 11.9. The van der Waals surface area contributed by atoms with Gasteiger partial charge in [0.15, 0.2) is 0 Å². The molecule has 0 radical (unpaired) electrons. The van der Waals surface area contributed by atoms with E-state index in [0.29, 0.717) is 23.8 Å². The molecule has 1 saturated heterocycles. The fourth-order valence-corrected chi connectivity index (χ4v) is 4.66. The smallest absolute Gasteiger partial charge is 0.278 e. The molecule has 0 bridgehead atoms. The Bertz CT molecular complexity index is 1020. The van der Waals surface area contributed by atoms with Crippen molar-refractivity contribution >= 4 is 17.4 Å². The van der Waals surface area contributed by atoms with E-state index in [0.717, 1.165) is 50.1 Å². The molecule has 0 N–H and O–H groups in total. The summed E-state index contributed by atoms with van der Waals surface area (Å²) in [6, 6.07) is 18.1. The molecular weight excluding hydrogens is 412 g/mol. The summed E-state index contributed by atoms with van der Waals surface area (Å²) in [5.41, 5.74) is 3.13. The third-order valence-corrected chi connectivity index (χ3v) is 6.37. The first kappa shape index (κ1) is 22.8. The van der Waals surface area contributed by atoms with E-state index in [-0.39, 0.29) is 18.4 Å². The molecule has 1 fully saturated rings. The van der Waals surface area contributed by atoms with E-state index in [1.165, 1.54) is 10.5 Å². The summed E-state index contributed by atoms with van der Waals surface area (Å²) < 4.78 is 5.68. The third kappa shape index (κ3) is 5.03. The number of carbonyl (C=O) groups excluding carboxylic acids is 2. The fraction of sp³-hybridized carbons (Fsp3) is 0.357. The Labute approximate surface area is 196 Å². The molecule has 2 aromatic carbocycles. The number of imide groups is 1. The Balaban J connectivity index is 1.56. The molecule has 2 heterocycles. The predicted octanol–water partition coefficient (Wildman–Crippen LogP) is 4.70. The largest absolute Gasteiger partial charge is 0.494 e. The van der Waals surface area contributed by atoms with Crippen LogP contribution in [0.4, 0.5) is 0 Å². The molecule has 2 amide bonds. The Morgan fingerprint density at radius 2 is 1.70 bits per heavy atom. The van der Waals surface area contributed by atoms with E-state index in [1.54, 1.807) is 6.08 Å². The lowest BCUT2D eigenvalue weighted by atomic mass is 9.89. The minimum atomic E-state index is -0.247. The number of rotatable bonds is 9. The first-order chi connectivity index (χ1) is 16.1. The van der Waals surface area contributed by atoms with E-state index in [1.807, 2.05) is 30.3 Å². The maximum Gasteiger partial charge on any atom is 0.278 e. The van der Waals surface area contributed by atoms with E-state index in [9.17, 15) is 9.59 Å². The maximum absolute atomic E-state index is 13.3. The van der Waals surface area contributed by atoms with Gasteiger partial charge in [0, 0.05) is 19.6 Å². The quantitative estimate of drug-likeness (QED) is 0.416. The van der Waals surface area contributed by atoms with Crippen LogP contribution in [0.1, 0.15) is 37.3 Å². The maximum atomic E-state index is 13.3. The van der Waals surface area contributed by atoms with Crippen molar-refractivity contribution in [3.8, 4) is 5.75 Å². The molecule has 4 rings (SSSR count). The molecular formula is C28H32N2O3. The van der Waals surface area contributed by atoms with Crippen LogP contribution in [0.25, 0.3) is 5.57 Å². The minimum absolute atomic E-state index is 0.215. The molecule has 0 aliphatic carbocycles. The van der Waals surface area contributed by atoms with Gasteiger partial charge >= 0.3 is 0 Å². The second kappa shape index (κ2) is 10.5. The van der Waals surface area contributed by atoms with Gasteiger partial charge in [0.05, 0.1) is 12.2 Å². The minimum Gasteiger partial charge on any atom is -0.494 e. The Morgan fingerprint density at radius 3 is 2.33 bits per heavy atom. The molecule has 0 aromatic heterocycles.